The van der Waals surface area contributed by atoms with Gasteiger partial charge in [0.15, 0.2) is 11.2 Å². The number of imidazole rings is 1. The third kappa shape index (κ3) is 3.85. The number of rotatable bonds is 4. The van der Waals surface area contributed by atoms with Crippen molar-refractivity contribution in [3.05, 3.63) is 62.0 Å². The van der Waals surface area contributed by atoms with Gasteiger partial charge in [0, 0.05) is 26.2 Å². The molecule has 1 amide bonds. The van der Waals surface area contributed by atoms with Gasteiger partial charge in [-0.2, -0.15) is 4.98 Å². The molecular weight excluding hydrogens is 394 g/mol. The first-order valence-corrected chi connectivity index (χ1v) is 9.56. The van der Waals surface area contributed by atoms with Crippen molar-refractivity contribution in [2.24, 2.45) is 14.1 Å². The summed E-state index contributed by atoms with van der Waals surface area (Å²) in [6, 6.07) is 9.68. The normalized spacial score (nSPS) is 11.8. The summed E-state index contributed by atoms with van der Waals surface area (Å²) in [5.41, 5.74) is -0.220. The van der Waals surface area contributed by atoms with E-state index in [0.29, 0.717) is 6.54 Å². The van der Waals surface area contributed by atoms with E-state index in [1.165, 1.54) is 23.2 Å². The molecular formula is C20H24ClN5O3. The fourth-order valence-electron chi connectivity index (χ4n) is 3.25. The Labute approximate surface area is 173 Å². The van der Waals surface area contributed by atoms with E-state index >= 15 is 0 Å². The lowest BCUT2D eigenvalue weighted by Crippen LogP contribution is -2.46. The van der Waals surface area contributed by atoms with Crippen LogP contribution in [0.1, 0.15) is 26.3 Å². The minimum absolute atomic E-state index is 0.0137. The van der Waals surface area contributed by atoms with Crippen molar-refractivity contribution in [2.75, 3.05) is 0 Å². The zero-order valence-corrected chi connectivity index (χ0v) is 17.9. The van der Waals surface area contributed by atoms with Crippen LogP contribution in [0.25, 0.3) is 11.2 Å². The van der Waals surface area contributed by atoms with Crippen LogP contribution in [-0.2, 0) is 32.0 Å². The van der Waals surface area contributed by atoms with Gasteiger partial charge in [-0.25, -0.2) is 4.79 Å². The van der Waals surface area contributed by atoms with Crippen molar-refractivity contribution in [1.29, 1.82) is 0 Å². The highest BCUT2D eigenvalue weighted by Crippen LogP contribution is 2.21. The van der Waals surface area contributed by atoms with Crippen molar-refractivity contribution in [3.8, 4) is 0 Å². The third-order valence-electron chi connectivity index (χ3n) is 4.89. The van der Waals surface area contributed by atoms with Crippen molar-refractivity contribution < 1.29 is 4.79 Å². The van der Waals surface area contributed by atoms with Crippen molar-refractivity contribution in [3.63, 3.8) is 0 Å². The Morgan fingerprint density at radius 3 is 2.31 bits per heavy atom. The quantitative estimate of drug-likeness (QED) is 0.607. The molecule has 0 unspecified atom stereocenters. The van der Waals surface area contributed by atoms with Crippen molar-refractivity contribution in [1.82, 2.24) is 23.6 Å². The molecule has 3 rings (SSSR count). The number of carbonyl (C=O) groups is 1. The average Bonchev–Trinajstić information content (AvgIpc) is 2.99. The molecule has 0 aliphatic heterocycles. The summed E-state index contributed by atoms with van der Waals surface area (Å²) in [5, 5.41) is -0.0137. The first-order chi connectivity index (χ1) is 13.5. The lowest BCUT2D eigenvalue weighted by atomic mass is 10.0. The van der Waals surface area contributed by atoms with Crippen LogP contribution >= 0.6 is 11.6 Å². The van der Waals surface area contributed by atoms with Gasteiger partial charge in [0.25, 0.3) is 5.56 Å². The monoisotopic (exact) mass is 417 g/mol. The molecule has 154 valence electrons. The number of carbonyl (C=O) groups excluding carboxylic acids is 1. The number of halogens is 1. The van der Waals surface area contributed by atoms with Crippen LogP contribution in [0.15, 0.2) is 39.9 Å². The highest BCUT2D eigenvalue weighted by Gasteiger charge is 2.28. The number of hydrogen-bond donors (Lipinski definition) is 0. The molecule has 9 heteroatoms. The van der Waals surface area contributed by atoms with Gasteiger partial charge in [0.05, 0.1) is 0 Å². The number of amides is 1. The molecule has 0 radical (unpaired) electrons. The molecule has 0 bridgehead atoms. The second-order valence-electron chi connectivity index (χ2n) is 7.98. The molecule has 2 heterocycles. The Bertz CT molecular complexity index is 1190. The van der Waals surface area contributed by atoms with Gasteiger partial charge in [-0.3, -0.25) is 23.3 Å². The van der Waals surface area contributed by atoms with Gasteiger partial charge < -0.3 is 4.90 Å². The molecule has 8 nitrogen and oxygen atoms in total. The van der Waals surface area contributed by atoms with E-state index in [2.05, 4.69) is 4.98 Å². The SMILES string of the molecule is Cn1c(=O)c2c(nc(Cl)n2CC(=O)N(Cc2ccccc2)C(C)(C)C)n(C)c1=O. The predicted molar refractivity (Wildman–Crippen MR) is 112 cm³/mol. The molecule has 0 N–H and O–H groups in total. The number of aryl methyl sites for hydroxylation is 1. The Balaban J connectivity index is 2.05. The molecule has 0 saturated heterocycles. The zero-order valence-electron chi connectivity index (χ0n) is 17.1. The highest BCUT2D eigenvalue weighted by atomic mass is 35.5. The van der Waals surface area contributed by atoms with Crippen LogP contribution in [0.2, 0.25) is 5.28 Å². The van der Waals surface area contributed by atoms with E-state index in [4.69, 9.17) is 11.6 Å². The van der Waals surface area contributed by atoms with Crippen LogP contribution < -0.4 is 11.2 Å². The largest absolute Gasteiger partial charge is 0.332 e. The third-order valence-corrected chi connectivity index (χ3v) is 5.18. The maximum Gasteiger partial charge on any atom is 0.332 e. The summed E-state index contributed by atoms with van der Waals surface area (Å²) in [6.07, 6.45) is 0. The van der Waals surface area contributed by atoms with Gasteiger partial charge in [0.1, 0.15) is 6.54 Å². The molecule has 0 saturated carbocycles. The predicted octanol–water partition coefficient (Wildman–Crippen LogP) is 1.91. The van der Waals surface area contributed by atoms with E-state index in [1.807, 2.05) is 51.1 Å². The smallest absolute Gasteiger partial charge is 0.332 e. The van der Waals surface area contributed by atoms with E-state index in [1.54, 1.807) is 4.90 Å². The van der Waals surface area contributed by atoms with E-state index < -0.39 is 16.8 Å². The Morgan fingerprint density at radius 2 is 1.72 bits per heavy atom. The Kier molecular flexibility index (Phi) is 5.40. The first-order valence-electron chi connectivity index (χ1n) is 9.18. The van der Waals surface area contributed by atoms with E-state index in [-0.39, 0.29) is 28.9 Å². The first kappa shape index (κ1) is 20.9. The second kappa shape index (κ2) is 7.51. The van der Waals surface area contributed by atoms with Crippen molar-refractivity contribution in [2.45, 2.75) is 39.4 Å². The second-order valence-corrected chi connectivity index (χ2v) is 8.32. The summed E-state index contributed by atoms with van der Waals surface area (Å²) in [4.78, 5) is 43.9. The molecule has 1 aromatic carbocycles. The molecule has 2 aromatic heterocycles. The van der Waals surface area contributed by atoms with Gasteiger partial charge in [-0.05, 0) is 37.9 Å². The fraction of sp³-hybridized carbons (Fsp3) is 0.400. The van der Waals surface area contributed by atoms with Gasteiger partial charge in [-0.1, -0.05) is 30.3 Å². The maximum atomic E-state index is 13.2. The molecule has 0 fully saturated rings. The summed E-state index contributed by atoms with van der Waals surface area (Å²) in [7, 11) is 2.89. The Hall–Kier alpha value is -2.87. The van der Waals surface area contributed by atoms with Gasteiger partial charge >= 0.3 is 5.69 Å². The highest BCUT2D eigenvalue weighted by molar-refractivity contribution is 6.29. The number of fused-ring (bicyclic) bond motifs is 1. The van der Waals surface area contributed by atoms with E-state index in [9.17, 15) is 14.4 Å². The van der Waals surface area contributed by atoms with Gasteiger partial charge in [0.2, 0.25) is 11.2 Å². The van der Waals surface area contributed by atoms with E-state index in [0.717, 1.165) is 10.1 Å². The number of nitrogens with zero attached hydrogens (tertiary/aromatic N) is 5. The van der Waals surface area contributed by atoms with Crippen LogP contribution in [0.3, 0.4) is 0 Å². The summed E-state index contributed by atoms with van der Waals surface area (Å²) in [5.74, 6) is -0.210. The molecule has 29 heavy (non-hydrogen) atoms. The fourth-order valence-corrected chi connectivity index (χ4v) is 3.47. The van der Waals surface area contributed by atoms with Gasteiger partial charge in [-0.15, -0.1) is 0 Å². The summed E-state index contributed by atoms with van der Waals surface area (Å²) < 4.78 is 3.59. The minimum atomic E-state index is -0.541. The maximum absolute atomic E-state index is 13.2. The number of hydrogen-bond acceptors (Lipinski definition) is 4. The average molecular weight is 418 g/mol. The van der Waals surface area contributed by atoms with Crippen molar-refractivity contribution >= 4 is 28.7 Å². The lowest BCUT2D eigenvalue weighted by Gasteiger charge is -2.36. The topological polar surface area (TPSA) is 82.1 Å². The van der Waals surface area contributed by atoms with Crippen LogP contribution in [0.5, 0.6) is 0 Å². The standard InChI is InChI=1S/C20H24ClN5O3/c1-20(2,3)26(11-13-9-7-6-8-10-13)14(27)12-25-15-16(22-18(25)21)23(4)19(29)24(5)17(15)28/h6-10H,11-12H2,1-5H3. The zero-order chi connectivity index (χ0) is 21.5. The molecule has 0 atom stereocenters. The summed E-state index contributed by atoms with van der Waals surface area (Å²) >= 11 is 6.26. The minimum Gasteiger partial charge on any atom is -0.332 e. The molecule has 0 aliphatic rings. The van der Waals surface area contributed by atoms with Crippen LogP contribution in [0.4, 0.5) is 0 Å². The summed E-state index contributed by atoms with van der Waals surface area (Å²) in [6.45, 7) is 6.11. The molecule has 0 aliphatic carbocycles. The van der Waals surface area contributed by atoms with Crippen LogP contribution in [-0.4, -0.2) is 35.0 Å². The molecule has 3 aromatic rings. The number of aromatic nitrogens is 4. The van der Waals surface area contributed by atoms with Crippen LogP contribution in [0, 0.1) is 0 Å². The Morgan fingerprint density at radius 1 is 1.10 bits per heavy atom. The number of benzene rings is 1. The lowest BCUT2D eigenvalue weighted by molar-refractivity contribution is -0.137. The molecule has 0 spiro atoms.